The fourth-order valence-corrected chi connectivity index (χ4v) is 2.66. The van der Waals surface area contributed by atoms with Gasteiger partial charge in [-0.05, 0) is 43.2 Å². The number of aryl methyl sites for hydroxylation is 2. The van der Waals surface area contributed by atoms with Crippen molar-refractivity contribution in [3.05, 3.63) is 75.2 Å². The minimum atomic E-state index is -0.849. The summed E-state index contributed by atoms with van der Waals surface area (Å²) in [6.07, 6.45) is 2.71. The van der Waals surface area contributed by atoms with Gasteiger partial charge in [-0.2, -0.15) is 10.2 Å². The maximum absolute atomic E-state index is 13.1. The number of benzene rings is 1. The molecule has 0 N–H and O–H groups in total. The van der Waals surface area contributed by atoms with Crippen molar-refractivity contribution in [2.75, 3.05) is 7.11 Å². The molecule has 3 aromatic rings. The van der Waals surface area contributed by atoms with Crippen LogP contribution in [0.25, 0.3) is 11.7 Å². The summed E-state index contributed by atoms with van der Waals surface area (Å²) >= 11 is 0. The molecule has 0 aliphatic heterocycles. The van der Waals surface area contributed by atoms with Gasteiger partial charge in [0.15, 0.2) is 0 Å². The van der Waals surface area contributed by atoms with Crippen molar-refractivity contribution < 1.29 is 14.3 Å². The number of pyridine rings is 1. The van der Waals surface area contributed by atoms with Crippen molar-refractivity contribution in [3.8, 4) is 17.7 Å². The third-order valence-corrected chi connectivity index (χ3v) is 4.16. The molecule has 7 nitrogen and oxygen atoms in total. The lowest BCUT2D eigenvalue weighted by Crippen LogP contribution is -2.20. The lowest BCUT2D eigenvalue weighted by Gasteiger charge is -2.12. The van der Waals surface area contributed by atoms with Crippen LogP contribution in [0.3, 0.4) is 0 Å². The molecule has 3 rings (SSSR count). The van der Waals surface area contributed by atoms with Gasteiger partial charge in [-0.15, -0.1) is 0 Å². The molecule has 0 saturated heterocycles. The van der Waals surface area contributed by atoms with Gasteiger partial charge in [-0.25, -0.2) is 4.79 Å². The normalized spacial score (nSPS) is 11.1. The molecule has 2 heterocycles. The van der Waals surface area contributed by atoms with Crippen LogP contribution in [0.2, 0.25) is 0 Å². The van der Waals surface area contributed by atoms with Gasteiger partial charge in [0.2, 0.25) is 5.88 Å². The zero-order chi connectivity index (χ0) is 20.3. The number of carbonyl (C=O) groups excluding carboxylic acids is 1. The SMILES string of the molecule is COC(=O)C(C#N)=Cc1c(Oc2ccccc2C)nc2c(C)cccn2c1=O. The molecule has 28 heavy (non-hydrogen) atoms. The number of nitriles is 1. The standard InChI is InChI=1S/C21H17N3O4/c1-13-7-4-5-9-17(13)28-19-16(11-15(12-22)21(26)27-3)20(25)24-10-6-8-14(2)18(24)23-19/h4-11H,1-3H3. The summed E-state index contributed by atoms with van der Waals surface area (Å²) < 4.78 is 11.9. The Morgan fingerprint density at radius 3 is 2.57 bits per heavy atom. The van der Waals surface area contributed by atoms with Crippen molar-refractivity contribution >= 4 is 17.7 Å². The van der Waals surface area contributed by atoms with E-state index >= 15 is 0 Å². The third-order valence-electron chi connectivity index (χ3n) is 4.16. The highest BCUT2D eigenvalue weighted by atomic mass is 16.5. The first kappa shape index (κ1) is 18.9. The van der Waals surface area contributed by atoms with E-state index < -0.39 is 11.5 Å². The molecule has 0 bridgehead atoms. The topological polar surface area (TPSA) is 93.7 Å². The zero-order valence-corrected chi connectivity index (χ0v) is 15.6. The molecule has 0 radical (unpaired) electrons. The first-order valence-electron chi connectivity index (χ1n) is 8.42. The first-order valence-corrected chi connectivity index (χ1v) is 8.42. The molecule has 0 atom stereocenters. The molecule has 0 fully saturated rings. The van der Waals surface area contributed by atoms with E-state index in [2.05, 4.69) is 9.72 Å². The van der Waals surface area contributed by atoms with Crippen molar-refractivity contribution in [1.29, 1.82) is 5.26 Å². The summed E-state index contributed by atoms with van der Waals surface area (Å²) in [6, 6.07) is 12.5. The van der Waals surface area contributed by atoms with Crippen LogP contribution in [-0.4, -0.2) is 22.5 Å². The largest absolute Gasteiger partial charge is 0.465 e. The summed E-state index contributed by atoms with van der Waals surface area (Å²) in [6.45, 7) is 3.68. The molecule has 7 heteroatoms. The Morgan fingerprint density at radius 2 is 1.89 bits per heavy atom. The molecule has 0 amide bonds. The summed E-state index contributed by atoms with van der Waals surface area (Å²) in [4.78, 5) is 29.4. The van der Waals surface area contributed by atoms with E-state index in [0.29, 0.717) is 11.4 Å². The second-order valence-corrected chi connectivity index (χ2v) is 6.05. The number of fused-ring (bicyclic) bond motifs is 1. The van der Waals surface area contributed by atoms with Crippen molar-refractivity contribution in [1.82, 2.24) is 9.38 Å². The van der Waals surface area contributed by atoms with Crippen molar-refractivity contribution in [3.63, 3.8) is 0 Å². The van der Waals surface area contributed by atoms with E-state index in [-0.39, 0.29) is 17.0 Å². The summed E-state index contributed by atoms with van der Waals surface area (Å²) in [5.74, 6) is -0.332. The van der Waals surface area contributed by atoms with Crippen LogP contribution >= 0.6 is 0 Å². The third kappa shape index (κ3) is 3.48. The van der Waals surface area contributed by atoms with Crippen LogP contribution in [0.15, 0.2) is 53.0 Å². The smallest absolute Gasteiger partial charge is 0.348 e. The predicted molar refractivity (Wildman–Crippen MR) is 103 cm³/mol. The molecule has 140 valence electrons. The maximum Gasteiger partial charge on any atom is 0.348 e. The molecular formula is C21H17N3O4. The quantitative estimate of drug-likeness (QED) is 0.395. The van der Waals surface area contributed by atoms with Gasteiger partial charge in [0.1, 0.15) is 28.6 Å². The number of nitrogens with zero attached hydrogens (tertiary/aromatic N) is 3. The Morgan fingerprint density at radius 1 is 1.18 bits per heavy atom. The summed E-state index contributed by atoms with van der Waals surface area (Å²) in [7, 11) is 1.16. The van der Waals surface area contributed by atoms with E-state index in [1.54, 1.807) is 30.5 Å². The van der Waals surface area contributed by atoms with Gasteiger partial charge in [-0.3, -0.25) is 9.20 Å². The Hall–Kier alpha value is -3.92. The minimum Gasteiger partial charge on any atom is -0.465 e. The molecule has 0 aliphatic carbocycles. The predicted octanol–water partition coefficient (Wildman–Crippen LogP) is 3.18. The van der Waals surface area contributed by atoms with E-state index in [1.165, 1.54) is 4.40 Å². The number of hydrogen-bond donors (Lipinski definition) is 0. The van der Waals surface area contributed by atoms with E-state index in [4.69, 9.17) is 4.74 Å². The van der Waals surface area contributed by atoms with Crippen LogP contribution in [0.4, 0.5) is 0 Å². The molecule has 0 spiro atoms. The maximum atomic E-state index is 13.1. The lowest BCUT2D eigenvalue weighted by atomic mass is 10.1. The monoisotopic (exact) mass is 375 g/mol. The molecule has 0 unspecified atom stereocenters. The zero-order valence-electron chi connectivity index (χ0n) is 15.6. The molecule has 0 aliphatic rings. The number of esters is 1. The van der Waals surface area contributed by atoms with Gasteiger partial charge in [0.25, 0.3) is 5.56 Å². The van der Waals surface area contributed by atoms with Gasteiger partial charge in [0.05, 0.1) is 7.11 Å². The van der Waals surface area contributed by atoms with Crippen molar-refractivity contribution in [2.24, 2.45) is 0 Å². The van der Waals surface area contributed by atoms with Gasteiger partial charge >= 0.3 is 5.97 Å². The lowest BCUT2D eigenvalue weighted by molar-refractivity contribution is -0.135. The number of methoxy groups -OCH3 is 1. The molecule has 1 aromatic carbocycles. The fraction of sp³-hybridized carbons (Fsp3) is 0.143. The minimum absolute atomic E-state index is 0.00486. The van der Waals surface area contributed by atoms with Crippen LogP contribution in [-0.2, 0) is 9.53 Å². The van der Waals surface area contributed by atoms with Gasteiger partial charge in [-0.1, -0.05) is 24.3 Å². The average Bonchev–Trinajstić information content (AvgIpc) is 2.70. The van der Waals surface area contributed by atoms with Gasteiger partial charge in [0, 0.05) is 6.20 Å². The second kappa shape index (κ2) is 7.76. The first-order chi connectivity index (χ1) is 13.5. The van der Waals surface area contributed by atoms with E-state index in [9.17, 15) is 14.9 Å². The van der Waals surface area contributed by atoms with Crippen LogP contribution in [0.1, 0.15) is 16.7 Å². The summed E-state index contributed by atoms with van der Waals surface area (Å²) in [5, 5.41) is 9.27. The number of ether oxygens (including phenoxy) is 2. The number of rotatable bonds is 4. The van der Waals surface area contributed by atoms with Gasteiger partial charge < -0.3 is 9.47 Å². The van der Waals surface area contributed by atoms with Crippen LogP contribution in [0, 0.1) is 25.2 Å². The second-order valence-electron chi connectivity index (χ2n) is 6.05. The Kier molecular flexibility index (Phi) is 5.23. The molecular weight excluding hydrogens is 358 g/mol. The Bertz CT molecular complexity index is 1200. The van der Waals surface area contributed by atoms with Crippen LogP contribution in [0.5, 0.6) is 11.6 Å². The fourth-order valence-electron chi connectivity index (χ4n) is 2.66. The Balaban J connectivity index is 2.31. The van der Waals surface area contributed by atoms with E-state index in [1.807, 2.05) is 32.0 Å². The van der Waals surface area contributed by atoms with Crippen molar-refractivity contribution in [2.45, 2.75) is 13.8 Å². The van der Waals surface area contributed by atoms with Crippen LogP contribution < -0.4 is 10.3 Å². The highest BCUT2D eigenvalue weighted by Crippen LogP contribution is 2.27. The highest BCUT2D eigenvalue weighted by Gasteiger charge is 2.18. The number of aromatic nitrogens is 2. The highest BCUT2D eigenvalue weighted by molar-refractivity contribution is 5.98. The number of hydrogen-bond acceptors (Lipinski definition) is 6. The van der Waals surface area contributed by atoms with E-state index in [0.717, 1.165) is 24.3 Å². The number of carbonyl (C=O) groups is 1. The molecule has 2 aromatic heterocycles. The Labute approximate surface area is 161 Å². The molecule has 0 saturated carbocycles. The summed E-state index contributed by atoms with van der Waals surface area (Å²) in [5.41, 5.74) is 1.23. The average molecular weight is 375 g/mol. The number of para-hydroxylation sites is 1.